The van der Waals surface area contributed by atoms with E-state index in [4.69, 9.17) is 0 Å². The fourth-order valence-electron chi connectivity index (χ4n) is 2.01. The monoisotopic (exact) mass is 253 g/mol. The van der Waals surface area contributed by atoms with Crippen LogP contribution in [0.4, 0.5) is 13.2 Å². The second-order valence-electron chi connectivity index (χ2n) is 4.14. The summed E-state index contributed by atoms with van der Waals surface area (Å²) in [6.45, 7) is 1.94. The number of nitrogens with one attached hydrogen (secondary N) is 1. The van der Waals surface area contributed by atoms with Gasteiger partial charge in [-0.2, -0.15) is 13.2 Å². The van der Waals surface area contributed by atoms with Crippen molar-refractivity contribution in [1.29, 1.82) is 0 Å². The maximum Gasteiger partial charge on any atom is 0.407 e. The van der Waals surface area contributed by atoms with E-state index in [1.54, 1.807) is 19.1 Å². The molecule has 1 atom stereocenters. The molecule has 0 radical (unpaired) electrons. The third-order valence-electron chi connectivity index (χ3n) is 2.84. The Hall–Kier alpha value is -1.55. The van der Waals surface area contributed by atoms with E-state index in [-0.39, 0.29) is 12.1 Å². The summed E-state index contributed by atoms with van der Waals surface area (Å²) in [5.41, 5.74) is 0.253. The molecule has 0 aliphatic carbocycles. The fraction of sp³-hybridized carbons (Fsp3) is 0.286. The van der Waals surface area contributed by atoms with Crippen LogP contribution in [-0.4, -0.2) is 12.7 Å². The second kappa shape index (κ2) is 4.98. The van der Waals surface area contributed by atoms with Crippen LogP contribution in [0.5, 0.6) is 0 Å². The Bertz CT molecular complexity index is 534. The normalized spacial score (nSPS) is 13.8. The van der Waals surface area contributed by atoms with Gasteiger partial charge >= 0.3 is 6.18 Å². The van der Waals surface area contributed by atoms with Gasteiger partial charge in [0.1, 0.15) is 6.04 Å². The minimum atomic E-state index is -4.28. The standard InChI is InChI=1S/C14H14F3N/c1-2-18-13(14(15,16)17)12-8-7-10-5-3-4-6-11(10)9-12/h3-9,13,18H,2H2,1H3. The molecular formula is C14H14F3N. The molecule has 1 N–H and O–H groups in total. The summed E-state index contributed by atoms with van der Waals surface area (Å²) < 4.78 is 38.8. The Morgan fingerprint density at radius 2 is 1.72 bits per heavy atom. The first-order chi connectivity index (χ1) is 8.52. The average molecular weight is 253 g/mol. The number of alkyl halides is 3. The van der Waals surface area contributed by atoms with Gasteiger partial charge in [-0.3, -0.25) is 0 Å². The van der Waals surface area contributed by atoms with Crippen molar-refractivity contribution in [1.82, 2.24) is 5.32 Å². The highest BCUT2D eigenvalue weighted by Gasteiger charge is 2.40. The van der Waals surface area contributed by atoms with Crippen LogP contribution in [0.1, 0.15) is 18.5 Å². The Balaban J connectivity index is 2.44. The third kappa shape index (κ3) is 2.64. The maximum atomic E-state index is 12.9. The van der Waals surface area contributed by atoms with Crippen LogP contribution in [0.25, 0.3) is 10.8 Å². The first kappa shape index (κ1) is 12.9. The number of hydrogen-bond donors (Lipinski definition) is 1. The Labute approximate surface area is 104 Å². The molecule has 0 aliphatic heterocycles. The molecule has 0 aromatic heterocycles. The largest absolute Gasteiger partial charge is 0.407 e. The minimum absolute atomic E-state index is 0.253. The van der Waals surface area contributed by atoms with E-state index in [9.17, 15) is 13.2 Å². The summed E-state index contributed by atoms with van der Waals surface area (Å²) >= 11 is 0. The van der Waals surface area contributed by atoms with Gasteiger partial charge in [0.15, 0.2) is 0 Å². The van der Waals surface area contributed by atoms with Crippen LogP contribution in [0, 0.1) is 0 Å². The van der Waals surface area contributed by atoms with Gasteiger partial charge in [-0.25, -0.2) is 0 Å². The molecule has 1 unspecified atom stereocenters. The van der Waals surface area contributed by atoms with Crippen molar-refractivity contribution in [2.24, 2.45) is 0 Å². The van der Waals surface area contributed by atoms with E-state index >= 15 is 0 Å². The van der Waals surface area contributed by atoms with Gasteiger partial charge in [0, 0.05) is 0 Å². The molecule has 0 amide bonds. The molecule has 1 nitrogen and oxygen atoms in total. The van der Waals surface area contributed by atoms with E-state index in [0.717, 1.165) is 10.8 Å². The van der Waals surface area contributed by atoms with Gasteiger partial charge < -0.3 is 5.32 Å². The van der Waals surface area contributed by atoms with E-state index in [1.165, 1.54) is 6.07 Å². The van der Waals surface area contributed by atoms with Crippen LogP contribution in [0.3, 0.4) is 0 Å². The number of benzene rings is 2. The summed E-state index contributed by atoms with van der Waals surface area (Å²) in [5.74, 6) is 0. The van der Waals surface area contributed by atoms with Gasteiger partial charge in [-0.1, -0.05) is 43.3 Å². The van der Waals surface area contributed by atoms with Crippen molar-refractivity contribution in [3.63, 3.8) is 0 Å². The lowest BCUT2D eigenvalue weighted by Gasteiger charge is -2.21. The lowest BCUT2D eigenvalue weighted by molar-refractivity contribution is -0.157. The highest BCUT2D eigenvalue weighted by molar-refractivity contribution is 5.83. The van der Waals surface area contributed by atoms with Crippen molar-refractivity contribution < 1.29 is 13.2 Å². The first-order valence-electron chi connectivity index (χ1n) is 5.81. The molecule has 0 saturated carbocycles. The molecule has 4 heteroatoms. The molecule has 2 aromatic rings. The second-order valence-corrected chi connectivity index (χ2v) is 4.14. The molecule has 0 fully saturated rings. The molecule has 0 bridgehead atoms. The lowest BCUT2D eigenvalue weighted by atomic mass is 10.0. The van der Waals surface area contributed by atoms with Crippen LogP contribution >= 0.6 is 0 Å². The van der Waals surface area contributed by atoms with Gasteiger partial charge in [-0.05, 0) is 28.9 Å². The highest BCUT2D eigenvalue weighted by atomic mass is 19.4. The van der Waals surface area contributed by atoms with Gasteiger partial charge in [0.2, 0.25) is 0 Å². The number of fused-ring (bicyclic) bond motifs is 1. The van der Waals surface area contributed by atoms with Gasteiger partial charge in [0.25, 0.3) is 0 Å². The first-order valence-corrected chi connectivity index (χ1v) is 5.81. The number of rotatable bonds is 3. The van der Waals surface area contributed by atoms with Crippen molar-refractivity contribution in [2.75, 3.05) is 6.54 Å². The van der Waals surface area contributed by atoms with Crippen molar-refractivity contribution in [2.45, 2.75) is 19.1 Å². The molecule has 96 valence electrons. The van der Waals surface area contributed by atoms with Gasteiger partial charge in [0.05, 0.1) is 0 Å². The molecule has 2 rings (SSSR count). The lowest BCUT2D eigenvalue weighted by Crippen LogP contribution is -2.33. The summed E-state index contributed by atoms with van der Waals surface area (Å²) in [5, 5.41) is 4.24. The topological polar surface area (TPSA) is 12.0 Å². The average Bonchev–Trinajstić information content (AvgIpc) is 2.34. The molecule has 0 saturated heterocycles. The Kier molecular flexibility index (Phi) is 3.57. The smallest absolute Gasteiger partial charge is 0.303 e. The van der Waals surface area contributed by atoms with Crippen LogP contribution < -0.4 is 5.32 Å². The number of halogens is 3. The molecule has 2 aromatic carbocycles. The highest BCUT2D eigenvalue weighted by Crippen LogP contribution is 2.33. The van der Waals surface area contributed by atoms with Crippen molar-refractivity contribution in [3.8, 4) is 0 Å². The predicted molar refractivity (Wildman–Crippen MR) is 66.4 cm³/mol. The van der Waals surface area contributed by atoms with E-state index in [2.05, 4.69) is 5.32 Å². The van der Waals surface area contributed by atoms with E-state index in [1.807, 2.05) is 24.3 Å². The zero-order valence-electron chi connectivity index (χ0n) is 9.96. The summed E-state index contributed by atoms with van der Waals surface area (Å²) in [4.78, 5) is 0. The fourth-order valence-corrected chi connectivity index (χ4v) is 2.01. The molecule has 0 spiro atoms. The Morgan fingerprint density at radius 3 is 2.33 bits per heavy atom. The number of hydrogen-bond acceptors (Lipinski definition) is 1. The van der Waals surface area contributed by atoms with Crippen molar-refractivity contribution in [3.05, 3.63) is 48.0 Å². The minimum Gasteiger partial charge on any atom is -0.303 e. The quantitative estimate of drug-likeness (QED) is 0.870. The summed E-state index contributed by atoms with van der Waals surface area (Å²) in [7, 11) is 0. The van der Waals surface area contributed by atoms with E-state index in [0.29, 0.717) is 0 Å². The van der Waals surface area contributed by atoms with Gasteiger partial charge in [-0.15, -0.1) is 0 Å². The Morgan fingerprint density at radius 1 is 1.06 bits per heavy atom. The predicted octanol–water partition coefficient (Wildman–Crippen LogP) is 4.05. The molecule has 0 heterocycles. The van der Waals surface area contributed by atoms with Crippen LogP contribution in [0.15, 0.2) is 42.5 Å². The summed E-state index contributed by atoms with van der Waals surface area (Å²) in [6, 6.07) is 10.6. The van der Waals surface area contributed by atoms with Crippen LogP contribution in [0.2, 0.25) is 0 Å². The molecule has 18 heavy (non-hydrogen) atoms. The summed E-state index contributed by atoms with van der Waals surface area (Å²) in [6.07, 6.45) is -4.28. The third-order valence-corrected chi connectivity index (χ3v) is 2.84. The zero-order chi connectivity index (χ0) is 13.2. The van der Waals surface area contributed by atoms with E-state index < -0.39 is 12.2 Å². The molecular weight excluding hydrogens is 239 g/mol. The van der Waals surface area contributed by atoms with Crippen LogP contribution in [-0.2, 0) is 0 Å². The maximum absolute atomic E-state index is 12.9. The zero-order valence-corrected chi connectivity index (χ0v) is 9.96. The van der Waals surface area contributed by atoms with Crippen molar-refractivity contribution >= 4 is 10.8 Å². The SMILES string of the molecule is CCNC(c1ccc2ccccc2c1)C(F)(F)F. The molecule has 0 aliphatic rings.